The topological polar surface area (TPSA) is 56.6 Å². The van der Waals surface area contributed by atoms with Crippen molar-refractivity contribution >= 4 is 22.6 Å². The minimum absolute atomic E-state index is 0.241. The van der Waals surface area contributed by atoms with Crippen molar-refractivity contribution in [1.82, 2.24) is 4.90 Å². The normalized spacial score (nSPS) is 15.1. The molecule has 0 aliphatic carbocycles. The van der Waals surface area contributed by atoms with E-state index in [9.17, 15) is 4.79 Å². The van der Waals surface area contributed by atoms with Crippen LogP contribution in [0, 0.1) is 11.3 Å². The zero-order chi connectivity index (χ0) is 18.0. The lowest BCUT2D eigenvalue weighted by Gasteiger charge is -2.36. The number of ether oxygens (including phenoxy) is 1. The quantitative estimate of drug-likeness (QED) is 0.795. The molecule has 3 rings (SSSR count). The van der Waals surface area contributed by atoms with Crippen molar-refractivity contribution in [3.63, 3.8) is 0 Å². The van der Waals surface area contributed by atoms with Crippen LogP contribution >= 0.6 is 0 Å². The standard InChI is InChI=1S/C20H23N3O2/c1-20(2,3)25-19(24)23-10-8-22(9-11-23)18-7-6-16-12-15(14-21)4-5-17(16)13-18/h4-7,12-13H,8-11H2,1-3H3. The second kappa shape index (κ2) is 6.64. The van der Waals surface area contributed by atoms with Gasteiger partial charge in [-0.1, -0.05) is 12.1 Å². The molecule has 1 aliphatic rings. The van der Waals surface area contributed by atoms with Gasteiger partial charge in [-0.05, 0) is 55.8 Å². The van der Waals surface area contributed by atoms with Crippen LogP contribution in [0.25, 0.3) is 10.8 Å². The molecule has 1 aliphatic heterocycles. The van der Waals surface area contributed by atoms with Gasteiger partial charge in [0.1, 0.15) is 5.60 Å². The number of nitriles is 1. The van der Waals surface area contributed by atoms with Crippen LogP contribution in [0.3, 0.4) is 0 Å². The summed E-state index contributed by atoms with van der Waals surface area (Å²) in [6.45, 7) is 8.51. The molecule has 25 heavy (non-hydrogen) atoms. The second-order valence-electron chi connectivity index (χ2n) is 7.31. The number of benzene rings is 2. The van der Waals surface area contributed by atoms with Crippen LogP contribution in [0.5, 0.6) is 0 Å². The maximum atomic E-state index is 12.2. The lowest BCUT2D eigenvalue weighted by Crippen LogP contribution is -2.50. The van der Waals surface area contributed by atoms with Crippen LogP contribution in [0.1, 0.15) is 26.3 Å². The first-order valence-corrected chi connectivity index (χ1v) is 8.52. The van der Waals surface area contributed by atoms with E-state index in [4.69, 9.17) is 10.00 Å². The molecule has 5 nitrogen and oxygen atoms in total. The molecule has 1 fully saturated rings. The third-order valence-electron chi connectivity index (χ3n) is 4.25. The van der Waals surface area contributed by atoms with Gasteiger partial charge in [-0.25, -0.2) is 4.79 Å². The number of carbonyl (C=O) groups excluding carboxylic acids is 1. The Morgan fingerprint density at radius 2 is 1.68 bits per heavy atom. The Hall–Kier alpha value is -2.74. The smallest absolute Gasteiger partial charge is 0.410 e. The Bertz CT molecular complexity index is 825. The lowest BCUT2D eigenvalue weighted by molar-refractivity contribution is 0.0240. The molecule has 2 aromatic rings. The predicted octanol–water partition coefficient (Wildman–Crippen LogP) is 3.77. The van der Waals surface area contributed by atoms with E-state index in [1.54, 1.807) is 4.90 Å². The Morgan fingerprint density at radius 1 is 1.04 bits per heavy atom. The Balaban J connectivity index is 1.68. The van der Waals surface area contributed by atoms with E-state index in [0.29, 0.717) is 18.7 Å². The van der Waals surface area contributed by atoms with Gasteiger partial charge in [0.2, 0.25) is 0 Å². The molecule has 1 heterocycles. The summed E-state index contributed by atoms with van der Waals surface area (Å²) >= 11 is 0. The van der Waals surface area contributed by atoms with Gasteiger partial charge in [0.25, 0.3) is 0 Å². The van der Waals surface area contributed by atoms with E-state index in [1.807, 2.05) is 45.0 Å². The van der Waals surface area contributed by atoms with E-state index in [2.05, 4.69) is 23.1 Å². The van der Waals surface area contributed by atoms with Crippen LogP contribution in [-0.2, 0) is 4.74 Å². The zero-order valence-corrected chi connectivity index (χ0v) is 15.0. The van der Waals surface area contributed by atoms with Gasteiger partial charge in [0.05, 0.1) is 11.6 Å². The molecule has 1 saturated heterocycles. The number of carbonyl (C=O) groups is 1. The van der Waals surface area contributed by atoms with Crippen molar-refractivity contribution < 1.29 is 9.53 Å². The number of hydrogen-bond donors (Lipinski definition) is 0. The monoisotopic (exact) mass is 337 g/mol. The van der Waals surface area contributed by atoms with Crippen molar-refractivity contribution in [2.45, 2.75) is 26.4 Å². The van der Waals surface area contributed by atoms with Crippen LogP contribution in [0.15, 0.2) is 36.4 Å². The van der Waals surface area contributed by atoms with Crippen LogP contribution in [0.4, 0.5) is 10.5 Å². The van der Waals surface area contributed by atoms with Crippen LogP contribution < -0.4 is 4.90 Å². The fourth-order valence-corrected chi connectivity index (χ4v) is 2.97. The number of hydrogen-bond acceptors (Lipinski definition) is 4. The minimum atomic E-state index is -0.463. The van der Waals surface area contributed by atoms with Crippen molar-refractivity contribution in [3.8, 4) is 6.07 Å². The maximum Gasteiger partial charge on any atom is 0.410 e. The Kier molecular flexibility index (Phi) is 4.54. The number of amides is 1. The highest BCUT2D eigenvalue weighted by Crippen LogP contribution is 2.24. The summed E-state index contributed by atoms with van der Waals surface area (Å²) in [7, 11) is 0. The molecule has 0 N–H and O–H groups in total. The number of piperazine rings is 1. The molecular formula is C20H23N3O2. The highest BCUT2D eigenvalue weighted by Gasteiger charge is 2.25. The lowest BCUT2D eigenvalue weighted by atomic mass is 10.1. The number of fused-ring (bicyclic) bond motifs is 1. The van der Waals surface area contributed by atoms with Gasteiger partial charge in [-0.15, -0.1) is 0 Å². The molecule has 0 atom stereocenters. The summed E-state index contributed by atoms with van der Waals surface area (Å²) in [5.74, 6) is 0. The zero-order valence-electron chi connectivity index (χ0n) is 15.0. The molecule has 0 bridgehead atoms. The van der Waals surface area contributed by atoms with Gasteiger partial charge < -0.3 is 14.5 Å². The minimum Gasteiger partial charge on any atom is -0.444 e. The molecule has 2 aromatic carbocycles. The predicted molar refractivity (Wildman–Crippen MR) is 98.7 cm³/mol. The molecule has 1 amide bonds. The number of rotatable bonds is 1. The van der Waals surface area contributed by atoms with Crippen molar-refractivity contribution in [3.05, 3.63) is 42.0 Å². The van der Waals surface area contributed by atoms with Gasteiger partial charge in [0.15, 0.2) is 0 Å². The average Bonchev–Trinajstić information content (AvgIpc) is 2.59. The first kappa shape index (κ1) is 17.1. The first-order valence-electron chi connectivity index (χ1n) is 8.52. The SMILES string of the molecule is CC(C)(C)OC(=O)N1CCN(c2ccc3cc(C#N)ccc3c2)CC1. The summed E-state index contributed by atoms with van der Waals surface area (Å²) in [6, 6.07) is 14.2. The molecule has 0 saturated carbocycles. The third kappa shape index (κ3) is 4.03. The van der Waals surface area contributed by atoms with Gasteiger partial charge in [-0.3, -0.25) is 0 Å². The van der Waals surface area contributed by atoms with Crippen LogP contribution in [0.2, 0.25) is 0 Å². The van der Waals surface area contributed by atoms with E-state index in [1.165, 1.54) is 0 Å². The average molecular weight is 337 g/mol. The highest BCUT2D eigenvalue weighted by molar-refractivity contribution is 5.87. The van der Waals surface area contributed by atoms with Gasteiger partial charge >= 0.3 is 6.09 Å². The molecule has 130 valence electrons. The fourth-order valence-electron chi connectivity index (χ4n) is 2.97. The third-order valence-corrected chi connectivity index (χ3v) is 4.25. The van der Waals surface area contributed by atoms with Gasteiger partial charge in [-0.2, -0.15) is 5.26 Å². The molecule has 0 radical (unpaired) electrons. The van der Waals surface area contributed by atoms with E-state index in [-0.39, 0.29) is 6.09 Å². The van der Waals surface area contributed by atoms with Crippen molar-refractivity contribution in [1.29, 1.82) is 5.26 Å². The molecular weight excluding hydrogens is 314 g/mol. The maximum absolute atomic E-state index is 12.2. The van der Waals surface area contributed by atoms with Crippen LogP contribution in [-0.4, -0.2) is 42.8 Å². The number of anilines is 1. The van der Waals surface area contributed by atoms with E-state index >= 15 is 0 Å². The van der Waals surface area contributed by atoms with E-state index in [0.717, 1.165) is 29.5 Å². The van der Waals surface area contributed by atoms with E-state index < -0.39 is 5.60 Å². The molecule has 0 unspecified atom stereocenters. The molecule has 0 spiro atoms. The number of nitrogens with zero attached hydrogens (tertiary/aromatic N) is 3. The van der Waals surface area contributed by atoms with Crippen molar-refractivity contribution in [2.75, 3.05) is 31.1 Å². The fraction of sp³-hybridized carbons (Fsp3) is 0.400. The summed E-state index contributed by atoms with van der Waals surface area (Å²) < 4.78 is 5.44. The summed E-state index contributed by atoms with van der Waals surface area (Å²) in [5.41, 5.74) is 1.35. The first-order chi connectivity index (χ1) is 11.9. The molecule has 5 heteroatoms. The Morgan fingerprint density at radius 3 is 2.32 bits per heavy atom. The Labute approximate surface area is 148 Å². The summed E-state index contributed by atoms with van der Waals surface area (Å²) in [6.07, 6.45) is -0.241. The highest BCUT2D eigenvalue weighted by atomic mass is 16.6. The largest absolute Gasteiger partial charge is 0.444 e. The van der Waals surface area contributed by atoms with Gasteiger partial charge in [0, 0.05) is 31.9 Å². The summed E-state index contributed by atoms with van der Waals surface area (Å²) in [4.78, 5) is 16.2. The summed E-state index contributed by atoms with van der Waals surface area (Å²) in [5, 5.41) is 11.2. The van der Waals surface area contributed by atoms with Crippen molar-refractivity contribution in [2.24, 2.45) is 0 Å². The molecule has 0 aromatic heterocycles. The second-order valence-corrected chi connectivity index (χ2v) is 7.31.